The van der Waals surface area contributed by atoms with Gasteiger partial charge in [-0.25, -0.2) is 0 Å². The SMILES string of the molecule is C=CS/C(C)=C(/C(=O)NC1CC=CC(C(=O)C(C=C)C(C)C)([C@H](C)CCC(C)C)C(O)(C2OC(C)(C)OCC2C)C1)C(C)CC. The molecule has 1 heterocycles. The Morgan fingerprint density at radius 2 is 1.78 bits per heavy atom. The van der Waals surface area contributed by atoms with E-state index in [9.17, 15) is 9.90 Å². The van der Waals surface area contributed by atoms with Gasteiger partial charge in [0, 0.05) is 29.9 Å². The highest BCUT2D eigenvalue weighted by molar-refractivity contribution is 8.05. The van der Waals surface area contributed by atoms with Crippen LogP contribution < -0.4 is 5.32 Å². The normalized spacial score (nSPS) is 31.0. The Bertz CT molecular complexity index is 1110. The number of nitrogens with one attached hydrogen (secondary N) is 1. The van der Waals surface area contributed by atoms with Gasteiger partial charge in [0.15, 0.2) is 11.6 Å². The first-order valence-electron chi connectivity index (χ1n) is 17.1. The van der Waals surface area contributed by atoms with Crippen molar-refractivity contribution in [2.45, 2.75) is 132 Å². The summed E-state index contributed by atoms with van der Waals surface area (Å²) in [5.74, 6) is -1.49. The summed E-state index contributed by atoms with van der Waals surface area (Å²) in [4.78, 5) is 30.0. The Morgan fingerprint density at radius 3 is 2.31 bits per heavy atom. The Morgan fingerprint density at radius 1 is 1.13 bits per heavy atom. The topological polar surface area (TPSA) is 84.9 Å². The van der Waals surface area contributed by atoms with Crippen LogP contribution in [0.15, 0.2) is 47.3 Å². The molecular formula is C38H63NO5S. The molecule has 8 atom stereocenters. The molecule has 0 radical (unpaired) electrons. The Hall–Kier alpha value is -1.67. The molecule has 2 N–H and O–H groups in total. The first-order valence-corrected chi connectivity index (χ1v) is 18.0. The molecule has 2 aliphatic rings. The van der Waals surface area contributed by atoms with E-state index in [1.165, 1.54) is 11.8 Å². The summed E-state index contributed by atoms with van der Waals surface area (Å²) in [6.45, 7) is 30.7. The summed E-state index contributed by atoms with van der Waals surface area (Å²) < 4.78 is 12.7. The smallest absolute Gasteiger partial charge is 0.248 e. The molecule has 7 heteroatoms. The van der Waals surface area contributed by atoms with Crippen LogP contribution in [0.5, 0.6) is 0 Å². The number of amides is 1. The van der Waals surface area contributed by atoms with Crippen molar-refractivity contribution in [1.29, 1.82) is 0 Å². The van der Waals surface area contributed by atoms with E-state index in [1.54, 1.807) is 11.5 Å². The highest BCUT2D eigenvalue weighted by Crippen LogP contribution is 2.54. The molecular weight excluding hydrogens is 582 g/mol. The number of hydrogen-bond acceptors (Lipinski definition) is 6. The summed E-state index contributed by atoms with van der Waals surface area (Å²) in [6, 6.07) is -0.422. The predicted molar refractivity (Wildman–Crippen MR) is 188 cm³/mol. The summed E-state index contributed by atoms with van der Waals surface area (Å²) in [7, 11) is 0. The van der Waals surface area contributed by atoms with Crippen LogP contribution in [-0.4, -0.2) is 46.9 Å². The number of rotatable bonds is 15. The molecule has 1 amide bonds. The van der Waals surface area contributed by atoms with Gasteiger partial charge in [0.1, 0.15) is 5.60 Å². The molecule has 0 aromatic rings. The largest absolute Gasteiger partial charge is 0.386 e. The molecule has 0 spiro atoms. The van der Waals surface area contributed by atoms with Crippen molar-refractivity contribution in [2.24, 2.45) is 40.9 Å². The van der Waals surface area contributed by atoms with Crippen LogP contribution in [0, 0.1) is 40.9 Å². The van der Waals surface area contributed by atoms with E-state index in [4.69, 9.17) is 9.47 Å². The van der Waals surface area contributed by atoms with Crippen molar-refractivity contribution in [3.05, 3.63) is 47.3 Å². The Balaban J connectivity index is 2.82. The van der Waals surface area contributed by atoms with Gasteiger partial charge in [-0.3, -0.25) is 9.59 Å². The molecule has 0 aromatic heterocycles. The van der Waals surface area contributed by atoms with E-state index >= 15 is 4.79 Å². The lowest BCUT2D eigenvalue weighted by molar-refractivity contribution is -0.335. The van der Waals surface area contributed by atoms with Crippen LogP contribution in [-0.2, 0) is 19.1 Å². The van der Waals surface area contributed by atoms with Gasteiger partial charge in [-0.15, -0.1) is 18.3 Å². The maximum absolute atomic E-state index is 15.1. The van der Waals surface area contributed by atoms with Gasteiger partial charge in [0.05, 0.1) is 18.1 Å². The molecule has 0 aromatic carbocycles. The summed E-state index contributed by atoms with van der Waals surface area (Å²) in [6.07, 6.45) is 8.17. The molecule has 6 nitrogen and oxygen atoms in total. The number of allylic oxidation sites excluding steroid dienone is 2. The van der Waals surface area contributed by atoms with Gasteiger partial charge in [0.25, 0.3) is 0 Å². The highest BCUT2D eigenvalue weighted by Gasteiger charge is 2.65. The second kappa shape index (κ2) is 16.4. The second-order valence-corrected chi connectivity index (χ2v) is 16.0. The average Bonchev–Trinajstić information content (AvgIpc) is 3.10. The lowest BCUT2D eigenvalue weighted by Gasteiger charge is -2.56. The van der Waals surface area contributed by atoms with E-state index in [-0.39, 0.29) is 41.8 Å². The van der Waals surface area contributed by atoms with Crippen LogP contribution in [0.1, 0.15) is 108 Å². The molecule has 45 heavy (non-hydrogen) atoms. The van der Waals surface area contributed by atoms with Gasteiger partial charge in [-0.05, 0) is 74.0 Å². The minimum absolute atomic E-state index is 0.00129. The third-order valence-electron chi connectivity index (χ3n) is 10.1. The van der Waals surface area contributed by atoms with Crippen LogP contribution in [0.3, 0.4) is 0 Å². The van der Waals surface area contributed by atoms with Gasteiger partial charge in [-0.1, -0.05) is 86.6 Å². The fourth-order valence-electron chi connectivity index (χ4n) is 7.38. The van der Waals surface area contributed by atoms with Crippen molar-refractivity contribution >= 4 is 23.5 Å². The summed E-state index contributed by atoms with van der Waals surface area (Å²) in [5.41, 5.74) is -2.19. The zero-order valence-corrected chi connectivity index (χ0v) is 30.9. The fraction of sp³-hybridized carbons (Fsp3) is 0.737. The van der Waals surface area contributed by atoms with Crippen molar-refractivity contribution in [2.75, 3.05) is 6.61 Å². The van der Waals surface area contributed by atoms with Gasteiger partial charge in [0.2, 0.25) is 5.91 Å². The minimum Gasteiger partial charge on any atom is -0.386 e. The van der Waals surface area contributed by atoms with Crippen LogP contribution in [0.2, 0.25) is 0 Å². The van der Waals surface area contributed by atoms with Crippen molar-refractivity contribution in [1.82, 2.24) is 5.32 Å². The lowest BCUT2D eigenvalue weighted by atomic mass is 9.53. The molecule has 0 bridgehead atoms. The molecule has 1 saturated heterocycles. The molecule has 0 saturated carbocycles. The first kappa shape index (κ1) is 39.5. The molecule has 1 aliphatic heterocycles. The predicted octanol–water partition coefficient (Wildman–Crippen LogP) is 8.62. The Kier molecular flexibility index (Phi) is 14.4. The highest BCUT2D eigenvalue weighted by atomic mass is 32.2. The molecule has 1 aliphatic carbocycles. The maximum Gasteiger partial charge on any atom is 0.248 e. The fourth-order valence-corrected chi connectivity index (χ4v) is 8.05. The molecule has 7 unspecified atom stereocenters. The third-order valence-corrected chi connectivity index (χ3v) is 10.9. The minimum atomic E-state index is -1.65. The second-order valence-electron chi connectivity index (χ2n) is 14.8. The van der Waals surface area contributed by atoms with E-state index < -0.39 is 34.9 Å². The number of carbonyl (C=O) groups excluding carboxylic acids is 2. The Labute approximate surface area is 278 Å². The van der Waals surface area contributed by atoms with Crippen molar-refractivity contribution in [3.63, 3.8) is 0 Å². The number of ketones is 1. The van der Waals surface area contributed by atoms with Gasteiger partial charge >= 0.3 is 0 Å². The number of aliphatic hydroxyl groups is 1. The van der Waals surface area contributed by atoms with Gasteiger partial charge in [-0.2, -0.15) is 0 Å². The average molecular weight is 646 g/mol. The van der Waals surface area contributed by atoms with Gasteiger partial charge < -0.3 is 19.9 Å². The van der Waals surface area contributed by atoms with Crippen molar-refractivity contribution < 1.29 is 24.2 Å². The quantitative estimate of drug-likeness (QED) is 0.137. The summed E-state index contributed by atoms with van der Waals surface area (Å²) in [5, 5.41) is 18.6. The van der Waals surface area contributed by atoms with Crippen molar-refractivity contribution in [3.8, 4) is 0 Å². The number of thioether (sulfide) groups is 1. The third kappa shape index (κ3) is 8.82. The zero-order valence-electron chi connectivity index (χ0n) is 30.1. The summed E-state index contributed by atoms with van der Waals surface area (Å²) >= 11 is 1.46. The van der Waals surface area contributed by atoms with Crippen LogP contribution in [0.4, 0.5) is 0 Å². The first-order chi connectivity index (χ1) is 20.9. The van der Waals surface area contributed by atoms with E-state index in [1.807, 2.05) is 53.7 Å². The van der Waals surface area contributed by atoms with Crippen LogP contribution in [0.25, 0.3) is 0 Å². The molecule has 2 rings (SSSR count). The molecule has 1 fully saturated rings. The lowest BCUT2D eigenvalue weighted by Crippen LogP contribution is -2.68. The van der Waals surface area contributed by atoms with Crippen LogP contribution >= 0.6 is 11.8 Å². The van der Waals surface area contributed by atoms with E-state index in [0.29, 0.717) is 18.9 Å². The number of hydrogen-bond donors (Lipinski definition) is 2. The maximum atomic E-state index is 15.1. The zero-order chi connectivity index (χ0) is 34.3. The molecule has 256 valence electrons. The monoisotopic (exact) mass is 645 g/mol. The standard InChI is InChI=1S/C38H63NO5S/c1-14-26(8)32(29(11)45-16-3)35(41)39-30-18-17-21-37(28(10)20-19-24(4)5,33(40)31(15-2)25(6)7)38(42,22-30)34-27(9)23-43-36(12,13)44-34/h15-17,21,24-28,30-31,34,42H,2-3,14,18-20,22-23H2,1,4-13H3,(H,39,41)/b32-29+/t26?,27?,28-,30?,31?,34?,37?,38?/m1/s1. The number of Topliss-reactive ketones (excluding diaryl/α,β-unsaturated/α-hetero) is 1. The van der Waals surface area contributed by atoms with E-state index in [2.05, 4.69) is 53.1 Å². The van der Waals surface area contributed by atoms with E-state index in [0.717, 1.165) is 29.7 Å². The number of ether oxygens (including phenoxy) is 2. The number of carbonyl (C=O) groups is 2.